The molecule has 0 aromatic carbocycles. The van der Waals surface area contributed by atoms with Crippen molar-refractivity contribution in [1.29, 1.82) is 0 Å². The lowest BCUT2D eigenvalue weighted by atomic mass is 9.94. The van der Waals surface area contributed by atoms with Crippen LogP contribution < -0.4 is 10.6 Å². The maximum atomic E-state index is 12.5. The highest BCUT2D eigenvalue weighted by Gasteiger charge is 2.23. The van der Waals surface area contributed by atoms with E-state index < -0.39 is 0 Å². The van der Waals surface area contributed by atoms with Crippen molar-refractivity contribution in [3.63, 3.8) is 0 Å². The van der Waals surface area contributed by atoms with Crippen molar-refractivity contribution in [1.82, 2.24) is 10.3 Å². The van der Waals surface area contributed by atoms with Crippen LogP contribution in [0.2, 0.25) is 0 Å². The van der Waals surface area contributed by atoms with Crippen LogP contribution in [0.1, 0.15) is 45.4 Å². The van der Waals surface area contributed by atoms with Crippen LogP contribution in [0.3, 0.4) is 0 Å². The normalized spacial score (nSPS) is 17.1. The first-order valence-electron chi connectivity index (χ1n) is 7.21. The Bertz CT molecular complexity index is 665. The summed E-state index contributed by atoms with van der Waals surface area (Å²) < 4.78 is 0. The van der Waals surface area contributed by atoms with E-state index in [1.54, 1.807) is 17.4 Å². The van der Waals surface area contributed by atoms with Crippen LogP contribution in [-0.2, 0) is 6.42 Å². The van der Waals surface area contributed by atoms with Gasteiger partial charge in [-0.15, -0.1) is 11.3 Å². The molecule has 0 saturated carbocycles. The Kier molecular flexibility index (Phi) is 3.92. The standard InChI is InChI=1S/C16H19N3OS/c1-10-8-11(9-15(17-2)18-10)16(20)19-13-4-3-5-14-12(13)6-7-21-14/h6-9,13H,3-5H2,1-2H3,(H,17,18)(H,19,20). The summed E-state index contributed by atoms with van der Waals surface area (Å²) in [5.41, 5.74) is 2.79. The van der Waals surface area contributed by atoms with E-state index in [1.165, 1.54) is 10.4 Å². The number of nitrogens with zero attached hydrogens (tertiary/aromatic N) is 1. The number of aromatic nitrogens is 1. The van der Waals surface area contributed by atoms with Crippen LogP contribution in [0.25, 0.3) is 0 Å². The Morgan fingerprint density at radius 2 is 2.29 bits per heavy atom. The van der Waals surface area contributed by atoms with Gasteiger partial charge in [0.15, 0.2) is 0 Å². The lowest BCUT2D eigenvalue weighted by Gasteiger charge is -2.23. The molecule has 0 aliphatic heterocycles. The monoisotopic (exact) mass is 301 g/mol. The van der Waals surface area contributed by atoms with Crippen LogP contribution >= 0.6 is 11.3 Å². The number of hydrogen-bond acceptors (Lipinski definition) is 4. The summed E-state index contributed by atoms with van der Waals surface area (Å²) in [5.74, 6) is 0.695. The molecule has 1 amide bonds. The number of carbonyl (C=O) groups excluding carboxylic acids is 1. The predicted octanol–water partition coefficient (Wildman–Crippen LogP) is 3.30. The van der Waals surface area contributed by atoms with Gasteiger partial charge in [0.2, 0.25) is 0 Å². The van der Waals surface area contributed by atoms with Crippen LogP contribution in [0.15, 0.2) is 23.6 Å². The third kappa shape index (κ3) is 2.93. The highest BCUT2D eigenvalue weighted by molar-refractivity contribution is 7.10. The highest BCUT2D eigenvalue weighted by Crippen LogP contribution is 2.33. The van der Waals surface area contributed by atoms with Crippen LogP contribution in [0, 0.1) is 6.92 Å². The summed E-state index contributed by atoms with van der Waals surface area (Å²) in [6, 6.07) is 5.90. The number of anilines is 1. The molecule has 5 heteroatoms. The van der Waals surface area contributed by atoms with E-state index in [9.17, 15) is 4.79 Å². The fourth-order valence-electron chi connectivity index (χ4n) is 2.81. The Labute approximate surface area is 128 Å². The molecule has 0 saturated heterocycles. The van der Waals surface area contributed by atoms with Gasteiger partial charge in [-0.1, -0.05) is 0 Å². The van der Waals surface area contributed by atoms with Crippen molar-refractivity contribution in [3.05, 3.63) is 45.3 Å². The molecular weight excluding hydrogens is 282 g/mol. The molecule has 4 nitrogen and oxygen atoms in total. The SMILES string of the molecule is CNc1cc(C(=O)NC2CCCc3sccc32)cc(C)n1. The van der Waals surface area contributed by atoms with Crippen molar-refractivity contribution < 1.29 is 4.79 Å². The molecule has 0 bridgehead atoms. The molecule has 0 radical (unpaired) electrons. The van der Waals surface area contributed by atoms with Gasteiger partial charge in [0.1, 0.15) is 5.82 Å². The van der Waals surface area contributed by atoms with Crippen LogP contribution in [0.4, 0.5) is 5.82 Å². The minimum atomic E-state index is -0.0268. The van der Waals surface area contributed by atoms with E-state index in [4.69, 9.17) is 0 Å². The molecule has 2 N–H and O–H groups in total. The topological polar surface area (TPSA) is 54.0 Å². The molecule has 1 atom stereocenters. The molecule has 1 unspecified atom stereocenters. The second kappa shape index (κ2) is 5.85. The molecule has 1 aliphatic rings. The van der Waals surface area contributed by atoms with Crippen LogP contribution in [-0.4, -0.2) is 17.9 Å². The average molecular weight is 301 g/mol. The Hall–Kier alpha value is -1.88. The molecule has 2 aromatic rings. The molecule has 21 heavy (non-hydrogen) atoms. The van der Waals surface area contributed by atoms with Gasteiger partial charge in [-0.2, -0.15) is 0 Å². The summed E-state index contributed by atoms with van der Waals surface area (Å²) in [6.07, 6.45) is 3.28. The Morgan fingerprint density at radius 3 is 3.10 bits per heavy atom. The summed E-state index contributed by atoms with van der Waals surface area (Å²) >= 11 is 1.79. The second-order valence-corrected chi connectivity index (χ2v) is 6.35. The second-order valence-electron chi connectivity index (χ2n) is 5.35. The summed E-state index contributed by atoms with van der Waals surface area (Å²) in [5, 5.41) is 8.27. The quantitative estimate of drug-likeness (QED) is 0.914. The zero-order valence-corrected chi connectivity index (χ0v) is 13.1. The molecule has 3 rings (SSSR count). The van der Waals surface area contributed by atoms with Crippen molar-refractivity contribution >= 4 is 23.1 Å². The summed E-state index contributed by atoms with van der Waals surface area (Å²) in [4.78, 5) is 18.2. The van der Waals surface area contributed by atoms with Crippen molar-refractivity contribution in [2.75, 3.05) is 12.4 Å². The summed E-state index contributed by atoms with van der Waals surface area (Å²) in [6.45, 7) is 1.90. The van der Waals surface area contributed by atoms with E-state index in [0.29, 0.717) is 5.56 Å². The third-order valence-corrected chi connectivity index (χ3v) is 4.83. The van der Waals surface area contributed by atoms with Crippen molar-refractivity contribution in [3.8, 4) is 0 Å². The number of pyridine rings is 1. The lowest BCUT2D eigenvalue weighted by molar-refractivity contribution is 0.0933. The van der Waals surface area contributed by atoms with E-state index in [0.717, 1.165) is 30.8 Å². The van der Waals surface area contributed by atoms with Gasteiger partial charge in [-0.3, -0.25) is 4.79 Å². The van der Waals surface area contributed by atoms with Gasteiger partial charge in [-0.25, -0.2) is 4.98 Å². The van der Waals surface area contributed by atoms with Gasteiger partial charge < -0.3 is 10.6 Å². The Balaban J connectivity index is 1.80. The van der Waals surface area contributed by atoms with Gasteiger partial charge in [-0.05, 0) is 55.3 Å². The number of fused-ring (bicyclic) bond motifs is 1. The number of carbonyl (C=O) groups is 1. The molecule has 1 aliphatic carbocycles. The fourth-order valence-corrected chi connectivity index (χ4v) is 3.79. The average Bonchev–Trinajstić information content (AvgIpc) is 2.96. The predicted molar refractivity (Wildman–Crippen MR) is 86.0 cm³/mol. The highest BCUT2D eigenvalue weighted by atomic mass is 32.1. The van der Waals surface area contributed by atoms with Gasteiger partial charge in [0, 0.05) is 23.2 Å². The minimum Gasteiger partial charge on any atom is -0.373 e. The molecule has 0 fully saturated rings. The van der Waals surface area contributed by atoms with Crippen LogP contribution in [0.5, 0.6) is 0 Å². The van der Waals surface area contributed by atoms with E-state index in [1.807, 2.05) is 20.0 Å². The van der Waals surface area contributed by atoms with E-state index >= 15 is 0 Å². The Morgan fingerprint density at radius 1 is 1.43 bits per heavy atom. The molecule has 110 valence electrons. The van der Waals surface area contributed by atoms with Gasteiger partial charge in [0.05, 0.1) is 6.04 Å². The lowest BCUT2D eigenvalue weighted by Crippen LogP contribution is -2.30. The largest absolute Gasteiger partial charge is 0.373 e. The molecule has 0 spiro atoms. The number of hydrogen-bond donors (Lipinski definition) is 2. The van der Waals surface area contributed by atoms with Gasteiger partial charge in [0.25, 0.3) is 5.91 Å². The van der Waals surface area contributed by atoms with E-state index in [2.05, 4.69) is 27.1 Å². The summed E-state index contributed by atoms with van der Waals surface area (Å²) in [7, 11) is 1.81. The fraction of sp³-hybridized carbons (Fsp3) is 0.375. The maximum Gasteiger partial charge on any atom is 0.251 e. The smallest absolute Gasteiger partial charge is 0.251 e. The third-order valence-electron chi connectivity index (χ3n) is 3.83. The zero-order valence-electron chi connectivity index (χ0n) is 12.3. The van der Waals surface area contributed by atoms with Crippen molar-refractivity contribution in [2.24, 2.45) is 0 Å². The first-order chi connectivity index (χ1) is 10.2. The maximum absolute atomic E-state index is 12.5. The number of thiophene rings is 1. The molecule has 2 aromatic heterocycles. The number of rotatable bonds is 3. The van der Waals surface area contributed by atoms with Gasteiger partial charge >= 0.3 is 0 Å². The first kappa shape index (κ1) is 14.1. The van der Waals surface area contributed by atoms with E-state index in [-0.39, 0.29) is 11.9 Å². The molecule has 2 heterocycles. The first-order valence-corrected chi connectivity index (χ1v) is 8.09. The number of amides is 1. The minimum absolute atomic E-state index is 0.0268. The molecular formula is C16H19N3OS. The zero-order chi connectivity index (χ0) is 14.8. The number of nitrogens with one attached hydrogen (secondary N) is 2. The number of aryl methyl sites for hydroxylation is 2. The van der Waals surface area contributed by atoms with Crippen molar-refractivity contribution in [2.45, 2.75) is 32.2 Å².